The van der Waals surface area contributed by atoms with Gasteiger partial charge in [0.1, 0.15) is 12.6 Å². The van der Waals surface area contributed by atoms with Gasteiger partial charge in [-0.1, -0.05) is 68.4 Å². The highest BCUT2D eigenvalue weighted by Crippen LogP contribution is 2.29. The first-order valence-electron chi connectivity index (χ1n) is 9.55. The quantitative estimate of drug-likeness (QED) is 0.843. The van der Waals surface area contributed by atoms with Crippen LogP contribution in [-0.2, 0) is 14.3 Å². The number of carbonyl (C=O) groups excluding carboxylic acids is 2. The van der Waals surface area contributed by atoms with Gasteiger partial charge in [-0.2, -0.15) is 0 Å². The molecule has 1 aliphatic rings. The van der Waals surface area contributed by atoms with Gasteiger partial charge in [0.05, 0.1) is 12.0 Å². The Bertz CT molecular complexity index is 800. The summed E-state index contributed by atoms with van der Waals surface area (Å²) < 4.78 is 5.36. The molecule has 0 saturated carbocycles. The molecule has 1 aliphatic heterocycles. The predicted molar refractivity (Wildman–Crippen MR) is 106 cm³/mol. The zero-order valence-corrected chi connectivity index (χ0v) is 16.1. The maximum Gasteiger partial charge on any atom is 0.228 e. The first kappa shape index (κ1) is 19.3. The van der Waals surface area contributed by atoms with Crippen LogP contribution in [0.2, 0.25) is 0 Å². The smallest absolute Gasteiger partial charge is 0.228 e. The van der Waals surface area contributed by atoms with Crippen molar-refractivity contribution in [1.82, 2.24) is 5.32 Å². The molecular formula is C23H27NO3. The molecule has 0 radical (unpaired) electrons. The van der Waals surface area contributed by atoms with E-state index in [2.05, 4.69) is 43.4 Å². The summed E-state index contributed by atoms with van der Waals surface area (Å²) >= 11 is 0. The fourth-order valence-corrected chi connectivity index (χ4v) is 3.54. The standard InChI is InChI=1S/C23H27NO3/c1-15(2)12-20(23(26)24-22-16(3)27-14-21(22)25)19-11-7-10-18(13-19)17-8-5-4-6-9-17/h4-11,13,15-16,20,22H,12,14H2,1-3H3,(H,24,26)/t16-,20+,22-/m0/s1. The van der Waals surface area contributed by atoms with Crippen LogP contribution >= 0.6 is 0 Å². The number of Topliss-reactive ketones (excluding diaryl/α,β-unsaturated/α-hetero) is 1. The Morgan fingerprint density at radius 3 is 2.44 bits per heavy atom. The van der Waals surface area contributed by atoms with Gasteiger partial charge in [0.25, 0.3) is 0 Å². The summed E-state index contributed by atoms with van der Waals surface area (Å²) in [4.78, 5) is 25.1. The number of amides is 1. The average Bonchev–Trinajstić information content (AvgIpc) is 2.98. The Morgan fingerprint density at radius 2 is 1.81 bits per heavy atom. The van der Waals surface area contributed by atoms with Gasteiger partial charge in [0.2, 0.25) is 5.91 Å². The van der Waals surface area contributed by atoms with Crippen LogP contribution < -0.4 is 5.32 Å². The third-order valence-corrected chi connectivity index (χ3v) is 5.02. The molecule has 0 bridgehead atoms. The molecule has 1 saturated heterocycles. The van der Waals surface area contributed by atoms with Gasteiger partial charge in [-0.25, -0.2) is 0 Å². The van der Waals surface area contributed by atoms with Crippen molar-refractivity contribution in [3.8, 4) is 11.1 Å². The molecular weight excluding hydrogens is 338 g/mol. The van der Waals surface area contributed by atoms with E-state index in [0.717, 1.165) is 23.1 Å². The summed E-state index contributed by atoms with van der Waals surface area (Å²) in [6.45, 7) is 6.11. The lowest BCUT2D eigenvalue weighted by Gasteiger charge is -2.23. The van der Waals surface area contributed by atoms with E-state index in [-0.39, 0.29) is 30.3 Å². The van der Waals surface area contributed by atoms with Gasteiger partial charge in [-0.3, -0.25) is 9.59 Å². The van der Waals surface area contributed by atoms with Gasteiger partial charge in [-0.15, -0.1) is 0 Å². The molecule has 0 aliphatic carbocycles. The largest absolute Gasteiger partial charge is 0.368 e. The molecule has 2 aromatic carbocycles. The molecule has 1 amide bonds. The molecule has 3 rings (SSSR count). The van der Waals surface area contributed by atoms with Crippen molar-refractivity contribution in [3.63, 3.8) is 0 Å². The van der Waals surface area contributed by atoms with Gasteiger partial charge in [0, 0.05) is 0 Å². The van der Waals surface area contributed by atoms with E-state index in [1.807, 2.05) is 37.3 Å². The Hall–Kier alpha value is -2.46. The summed E-state index contributed by atoms with van der Waals surface area (Å²) in [7, 11) is 0. The molecule has 142 valence electrons. The topological polar surface area (TPSA) is 55.4 Å². The van der Waals surface area contributed by atoms with Crippen LogP contribution in [0.15, 0.2) is 54.6 Å². The predicted octanol–water partition coefficient (Wildman–Crippen LogP) is 3.96. The average molecular weight is 365 g/mol. The molecule has 4 heteroatoms. The van der Waals surface area contributed by atoms with Crippen LogP contribution in [0.4, 0.5) is 0 Å². The summed E-state index contributed by atoms with van der Waals surface area (Å²) in [5.41, 5.74) is 3.18. The van der Waals surface area contributed by atoms with Crippen LogP contribution in [0.25, 0.3) is 11.1 Å². The first-order valence-corrected chi connectivity index (χ1v) is 9.55. The molecule has 0 aromatic heterocycles. The maximum absolute atomic E-state index is 13.1. The molecule has 1 N–H and O–H groups in total. The normalized spacial score (nSPS) is 20.7. The Morgan fingerprint density at radius 1 is 1.11 bits per heavy atom. The van der Waals surface area contributed by atoms with E-state index in [9.17, 15) is 9.59 Å². The molecule has 4 nitrogen and oxygen atoms in total. The fourth-order valence-electron chi connectivity index (χ4n) is 3.54. The summed E-state index contributed by atoms with van der Waals surface area (Å²) in [6.07, 6.45) is 0.442. The maximum atomic E-state index is 13.1. The highest BCUT2D eigenvalue weighted by Gasteiger charge is 2.35. The molecule has 2 aromatic rings. The lowest BCUT2D eigenvalue weighted by Crippen LogP contribution is -2.45. The minimum atomic E-state index is -0.551. The Labute approximate surface area is 160 Å². The second-order valence-corrected chi connectivity index (χ2v) is 7.64. The number of benzene rings is 2. The second-order valence-electron chi connectivity index (χ2n) is 7.64. The molecule has 27 heavy (non-hydrogen) atoms. The van der Waals surface area contributed by atoms with Crippen LogP contribution in [0.5, 0.6) is 0 Å². The Balaban J connectivity index is 1.86. The van der Waals surface area contributed by atoms with Crippen LogP contribution in [0.3, 0.4) is 0 Å². The monoisotopic (exact) mass is 365 g/mol. The van der Waals surface area contributed by atoms with Crippen molar-refractivity contribution in [3.05, 3.63) is 60.2 Å². The van der Waals surface area contributed by atoms with Crippen LogP contribution in [0, 0.1) is 5.92 Å². The number of carbonyl (C=O) groups is 2. The zero-order chi connectivity index (χ0) is 19.4. The second kappa shape index (κ2) is 8.49. The lowest BCUT2D eigenvalue weighted by molar-refractivity contribution is -0.127. The van der Waals surface area contributed by atoms with Gasteiger partial charge >= 0.3 is 0 Å². The Kier molecular flexibility index (Phi) is 6.07. The molecule has 0 unspecified atom stereocenters. The van der Waals surface area contributed by atoms with Gasteiger partial charge in [0.15, 0.2) is 5.78 Å². The third-order valence-electron chi connectivity index (χ3n) is 5.02. The summed E-state index contributed by atoms with van der Waals surface area (Å²) in [6, 6.07) is 17.7. The fraction of sp³-hybridized carbons (Fsp3) is 0.391. The molecule has 0 spiro atoms. The summed E-state index contributed by atoms with van der Waals surface area (Å²) in [5.74, 6) is -0.106. The van der Waals surface area contributed by atoms with E-state index in [4.69, 9.17) is 4.74 Å². The highest BCUT2D eigenvalue weighted by atomic mass is 16.5. The zero-order valence-electron chi connectivity index (χ0n) is 16.1. The third kappa shape index (κ3) is 4.64. The van der Waals surface area contributed by atoms with Crippen molar-refractivity contribution in [2.24, 2.45) is 5.92 Å². The van der Waals surface area contributed by atoms with Gasteiger partial charge in [-0.05, 0) is 36.0 Å². The number of ether oxygens (including phenoxy) is 1. The van der Waals surface area contributed by atoms with Crippen molar-refractivity contribution < 1.29 is 14.3 Å². The summed E-state index contributed by atoms with van der Waals surface area (Å²) in [5, 5.41) is 2.93. The van der Waals surface area contributed by atoms with E-state index < -0.39 is 6.04 Å². The van der Waals surface area contributed by atoms with Crippen molar-refractivity contribution in [2.75, 3.05) is 6.61 Å². The first-order chi connectivity index (χ1) is 13.0. The number of hydrogen-bond acceptors (Lipinski definition) is 3. The van der Waals surface area contributed by atoms with Crippen molar-refractivity contribution in [1.29, 1.82) is 0 Å². The highest BCUT2D eigenvalue weighted by molar-refractivity contribution is 5.93. The number of nitrogens with one attached hydrogen (secondary N) is 1. The van der Waals surface area contributed by atoms with E-state index in [1.165, 1.54) is 0 Å². The van der Waals surface area contributed by atoms with Crippen molar-refractivity contribution in [2.45, 2.75) is 45.3 Å². The van der Waals surface area contributed by atoms with E-state index in [0.29, 0.717) is 5.92 Å². The van der Waals surface area contributed by atoms with Gasteiger partial charge < -0.3 is 10.1 Å². The van der Waals surface area contributed by atoms with Crippen molar-refractivity contribution >= 4 is 11.7 Å². The number of ketones is 1. The van der Waals surface area contributed by atoms with E-state index >= 15 is 0 Å². The van der Waals surface area contributed by atoms with Crippen LogP contribution in [-0.4, -0.2) is 30.4 Å². The molecule has 1 fully saturated rings. The number of hydrogen-bond donors (Lipinski definition) is 1. The van der Waals surface area contributed by atoms with E-state index in [1.54, 1.807) is 0 Å². The van der Waals surface area contributed by atoms with Crippen LogP contribution in [0.1, 0.15) is 38.7 Å². The lowest BCUT2D eigenvalue weighted by atomic mass is 9.87. The number of rotatable bonds is 6. The minimum Gasteiger partial charge on any atom is -0.368 e. The SMILES string of the molecule is CC(C)C[C@@H](C(=O)N[C@@H]1C(=O)CO[C@H]1C)c1cccc(-c2ccccc2)c1. The molecule has 3 atom stereocenters. The minimum absolute atomic E-state index is 0.0582. The molecule has 1 heterocycles.